The summed E-state index contributed by atoms with van der Waals surface area (Å²) in [6.07, 6.45) is 0.903. The Hall–Kier alpha value is -3.96. The fraction of sp³-hybridized carbons (Fsp3) is 0.375. The number of alkyl halides is 3. The van der Waals surface area contributed by atoms with Crippen LogP contribution in [0.5, 0.6) is 0 Å². The Morgan fingerprint density at radius 1 is 1.14 bits per heavy atom. The molecule has 0 aliphatic carbocycles. The van der Waals surface area contributed by atoms with E-state index in [1.807, 2.05) is 27.7 Å². The van der Waals surface area contributed by atoms with Crippen LogP contribution in [-0.2, 0) is 6.18 Å². The maximum atomic E-state index is 13.0. The van der Waals surface area contributed by atoms with Crippen molar-refractivity contribution in [3.05, 3.63) is 59.8 Å². The van der Waals surface area contributed by atoms with Gasteiger partial charge in [-0.3, -0.25) is 14.5 Å². The van der Waals surface area contributed by atoms with E-state index in [4.69, 9.17) is 5.73 Å². The van der Waals surface area contributed by atoms with Crippen LogP contribution in [0.1, 0.15) is 61.9 Å². The van der Waals surface area contributed by atoms with Crippen LogP contribution in [0.3, 0.4) is 0 Å². The molecule has 0 aromatic carbocycles. The van der Waals surface area contributed by atoms with E-state index in [1.165, 1.54) is 16.8 Å². The molecule has 4 aromatic heterocycles. The Morgan fingerprint density at radius 2 is 1.89 bits per heavy atom. The lowest BCUT2D eigenvalue weighted by Gasteiger charge is -2.22. The van der Waals surface area contributed by atoms with Crippen molar-refractivity contribution in [3.63, 3.8) is 0 Å². The number of hydrogen-bond donors (Lipinski definition) is 2. The van der Waals surface area contributed by atoms with Crippen molar-refractivity contribution in [2.24, 2.45) is 5.92 Å². The number of nitrogens with zero attached hydrogens (tertiary/aromatic N) is 6. The van der Waals surface area contributed by atoms with Crippen molar-refractivity contribution >= 4 is 17.5 Å². The summed E-state index contributed by atoms with van der Waals surface area (Å²) in [5.41, 5.74) is 7.48. The number of halogens is 3. The summed E-state index contributed by atoms with van der Waals surface area (Å²) in [4.78, 5) is 20.8. The molecule has 0 radical (unpaired) electrons. The quantitative estimate of drug-likeness (QED) is 0.390. The minimum absolute atomic E-state index is 0.00642. The van der Waals surface area contributed by atoms with Gasteiger partial charge in [-0.05, 0) is 48.6 Å². The Balaban J connectivity index is 1.72. The zero-order valence-electron chi connectivity index (χ0n) is 20.3. The average Bonchev–Trinajstić information content (AvgIpc) is 3.44. The molecule has 2 atom stereocenters. The maximum Gasteiger partial charge on any atom is 0.433 e. The predicted octanol–water partition coefficient (Wildman–Crippen LogP) is 4.36. The number of amides is 1. The third-order valence-electron chi connectivity index (χ3n) is 5.95. The molecule has 4 heterocycles. The van der Waals surface area contributed by atoms with Gasteiger partial charge in [-0.1, -0.05) is 26.8 Å². The van der Waals surface area contributed by atoms with E-state index in [9.17, 15) is 18.0 Å². The number of carbonyl (C=O) groups is 1. The molecular formula is C24H27F3N8O. The van der Waals surface area contributed by atoms with Gasteiger partial charge in [0.1, 0.15) is 11.4 Å². The average molecular weight is 501 g/mol. The highest BCUT2D eigenvalue weighted by atomic mass is 19.4. The third-order valence-corrected chi connectivity index (χ3v) is 5.95. The smallest absolute Gasteiger partial charge is 0.366 e. The second-order valence-corrected chi connectivity index (χ2v) is 9.02. The largest absolute Gasteiger partial charge is 0.433 e. The van der Waals surface area contributed by atoms with Crippen LogP contribution in [-0.4, -0.2) is 41.3 Å². The molecule has 4 rings (SSSR count). The van der Waals surface area contributed by atoms with Crippen molar-refractivity contribution in [2.75, 3.05) is 5.73 Å². The molecule has 0 saturated heterocycles. The second kappa shape index (κ2) is 9.59. The van der Waals surface area contributed by atoms with Gasteiger partial charge in [-0.25, -0.2) is 4.52 Å². The van der Waals surface area contributed by atoms with Gasteiger partial charge in [0.15, 0.2) is 5.65 Å². The summed E-state index contributed by atoms with van der Waals surface area (Å²) >= 11 is 0. The second-order valence-electron chi connectivity index (χ2n) is 9.02. The highest BCUT2D eigenvalue weighted by Crippen LogP contribution is 2.32. The first-order valence-electron chi connectivity index (χ1n) is 11.5. The highest BCUT2D eigenvalue weighted by Gasteiger charge is 2.32. The first-order chi connectivity index (χ1) is 17.0. The standard InChI is InChI=1S/C24H27F3N8O/c1-5-14(4)31-22(36)18-8-16(9-20-32-23(28)33-35(18)20)17-11-30-34(12-17)21(13(2)3)15-6-7-19(29-10-15)24(25,26)27/h6-14,21H,5H2,1-4H3,(H2,28,33)(H,31,36). The molecule has 0 spiro atoms. The summed E-state index contributed by atoms with van der Waals surface area (Å²) < 4.78 is 42.0. The van der Waals surface area contributed by atoms with E-state index in [2.05, 4.69) is 25.5 Å². The number of anilines is 1. The van der Waals surface area contributed by atoms with Crippen molar-refractivity contribution < 1.29 is 18.0 Å². The molecule has 0 aliphatic heterocycles. The Labute approximate surface area is 205 Å². The lowest BCUT2D eigenvalue weighted by Crippen LogP contribution is -2.33. The Morgan fingerprint density at radius 3 is 2.50 bits per heavy atom. The van der Waals surface area contributed by atoms with Crippen LogP contribution in [0.25, 0.3) is 16.8 Å². The monoisotopic (exact) mass is 500 g/mol. The topological polar surface area (TPSA) is 116 Å². The Bertz CT molecular complexity index is 1370. The maximum absolute atomic E-state index is 13.0. The summed E-state index contributed by atoms with van der Waals surface area (Å²) in [5.74, 6) is -0.272. The van der Waals surface area contributed by atoms with Gasteiger partial charge in [0.2, 0.25) is 5.95 Å². The predicted molar refractivity (Wildman–Crippen MR) is 128 cm³/mol. The van der Waals surface area contributed by atoms with Crippen LogP contribution < -0.4 is 11.1 Å². The molecule has 4 aromatic rings. The number of nitrogen functional groups attached to an aromatic ring is 1. The molecule has 9 nitrogen and oxygen atoms in total. The van der Waals surface area contributed by atoms with Crippen molar-refractivity contribution in [1.82, 2.24) is 34.7 Å². The lowest BCUT2D eigenvalue weighted by molar-refractivity contribution is -0.141. The molecule has 2 unspecified atom stereocenters. The van der Waals surface area contributed by atoms with Gasteiger partial charge in [-0.15, -0.1) is 5.10 Å². The fourth-order valence-electron chi connectivity index (χ4n) is 3.96. The zero-order valence-corrected chi connectivity index (χ0v) is 20.3. The summed E-state index contributed by atoms with van der Waals surface area (Å²) in [6, 6.07) is 5.43. The van der Waals surface area contributed by atoms with Crippen LogP contribution in [0.4, 0.5) is 19.1 Å². The molecule has 12 heteroatoms. The number of nitrogens with two attached hydrogens (primary N) is 1. The van der Waals surface area contributed by atoms with Crippen LogP contribution in [0.15, 0.2) is 42.9 Å². The summed E-state index contributed by atoms with van der Waals surface area (Å²) in [6.45, 7) is 7.77. The molecular weight excluding hydrogens is 473 g/mol. The van der Waals surface area contributed by atoms with E-state index in [1.54, 1.807) is 29.2 Å². The van der Waals surface area contributed by atoms with E-state index in [0.717, 1.165) is 12.5 Å². The number of carbonyl (C=O) groups excluding carboxylic acids is 1. The molecule has 190 valence electrons. The number of fused-ring (bicyclic) bond motifs is 1. The van der Waals surface area contributed by atoms with Crippen LogP contribution >= 0.6 is 0 Å². The van der Waals surface area contributed by atoms with Gasteiger partial charge in [0.05, 0.1) is 12.2 Å². The number of pyridine rings is 2. The number of hydrogen-bond acceptors (Lipinski definition) is 6. The van der Waals surface area contributed by atoms with Gasteiger partial charge in [0.25, 0.3) is 5.91 Å². The summed E-state index contributed by atoms with van der Waals surface area (Å²) in [7, 11) is 0. The summed E-state index contributed by atoms with van der Waals surface area (Å²) in [5, 5.41) is 11.5. The Kier molecular flexibility index (Phi) is 6.70. The van der Waals surface area contributed by atoms with Gasteiger partial charge >= 0.3 is 6.18 Å². The molecule has 0 aliphatic rings. The zero-order chi connectivity index (χ0) is 26.2. The van der Waals surface area contributed by atoms with Gasteiger partial charge in [0, 0.05) is 24.0 Å². The van der Waals surface area contributed by atoms with Gasteiger partial charge < -0.3 is 11.1 Å². The molecule has 0 bridgehead atoms. The number of nitrogens with one attached hydrogen (secondary N) is 1. The molecule has 0 fully saturated rings. The van der Waals surface area contributed by atoms with Gasteiger partial charge in [-0.2, -0.15) is 23.3 Å². The van der Waals surface area contributed by atoms with Crippen LogP contribution in [0, 0.1) is 5.92 Å². The van der Waals surface area contributed by atoms with E-state index >= 15 is 0 Å². The molecule has 1 amide bonds. The van der Waals surface area contributed by atoms with Crippen molar-refractivity contribution in [2.45, 2.75) is 52.4 Å². The minimum atomic E-state index is -4.51. The molecule has 0 saturated carbocycles. The fourth-order valence-corrected chi connectivity index (χ4v) is 3.96. The normalized spacial score (nSPS) is 13.8. The SMILES string of the molecule is CCC(C)NC(=O)c1cc(-c2cnn(C(c3ccc(C(F)(F)F)nc3)C(C)C)c2)cc2nc(N)nn12. The van der Waals surface area contributed by atoms with Crippen molar-refractivity contribution in [3.8, 4) is 11.1 Å². The van der Waals surface area contributed by atoms with Crippen LogP contribution in [0.2, 0.25) is 0 Å². The first kappa shape index (κ1) is 25.1. The van der Waals surface area contributed by atoms with E-state index < -0.39 is 11.9 Å². The van der Waals surface area contributed by atoms with Crippen molar-refractivity contribution in [1.29, 1.82) is 0 Å². The lowest BCUT2D eigenvalue weighted by atomic mass is 9.97. The van der Waals surface area contributed by atoms with E-state index in [-0.39, 0.29) is 35.6 Å². The first-order valence-corrected chi connectivity index (χ1v) is 11.5. The third kappa shape index (κ3) is 5.02. The highest BCUT2D eigenvalue weighted by molar-refractivity contribution is 5.95. The van der Waals surface area contributed by atoms with E-state index in [0.29, 0.717) is 22.3 Å². The molecule has 36 heavy (non-hydrogen) atoms. The molecule has 3 N–H and O–H groups in total. The number of rotatable bonds is 7. The number of aromatic nitrogens is 6. The minimum Gasteiger partial charge on any atom is -0.366 e.